The Kier molecular flexibility index (Phi) is 6.71. The van der Waals surface area contributed by atoms with Crippen LogP contribution in [0.15, 0.2) is 69.9 Å². The normalized spacial score (nSPS) is 27.2. The molecule has 0 unspecified atom stereocenters. The van der Waals surface area contributed by atoms with Crippen molar-refractivity contribution < 1.29 is 52.7 Å². The molecule has 0 atom stereocenters. The molecule has 0 aliphatic heterocycles. The van der Waals surface area contributed by atoms with E-state index in [1.54, 1.807) is 0 Å². The van der Waals surface area contributed by atoms with E-state index in [9.17, 15) is 52.7 Å². The molecule has 0 heterocycles. The summed E-state index contributed by atoms with van der Waals surface area (Å²) in [5, 5.41) is 0. The van der Waals surface area contributed by atoms with Crippen molar-refractivity contribution in [1.29, 1.82) is 0 Å². The molecule has 3 aliphatic rings. The van der Waals surface area contributed by atoms with E-state index in [0.29, 0.717) is 12.2 Å². The number of rotatable bonds is 6. The lowest BCUT2D eigenvalue weighted by molar-refractivity contribution is -0.187. The Morgan fingerprint density at radius 3 is 0.861 bits per heavy atom. The Bertz CT molecular complexity index is 1020. The maximum Gasteiger partial charge on any atom is 0.340 e. The molecule has 0 aromatic rings. The zero-order chi connectivity index (χ0) is 27.5. The molecule has 12 heteroatoms. The summed E-state index contributed by atoms with van der Waals surface area (Å²) in [6.07, 6.45) is -0.216. The van der Waals surface area contributed by atoms with Crippen LogP contribution in [0, 0.1) is 0 Å². The summed E-state index contributed by atoms with van der Waals surface area (Å²) < 4.78 is 176. The number of allylic oxidation sites excluding steroid dienone is 12. The van der Waals surface area contributed by atoms with Gasteiger partial charge in [-0.1, -0.05) is 63.1 Å². The smallest absolute Gasteiger partial charge is 0.194 e. The van der Waals surface area contributed by atoms with E-state index in [1.165, 1.54) is 13.8 Å². The summed E-state index contributed by atoms with van der Waals surface area (Å²) in [5.74, 6) is -32.1. The first kappa shape index (κ1) is 28.2. The fourth-order valence-corrected chi connectivity index (χ4v) is 4.30. The first-order valence-corrected chi connectivity index (χ1v) is 10.9. The second kappa shape index (κ2) is 8.58. The quantitative estimate of drug-likeness (QED) is 0.297. The van der Waals surface area contributed by atoms with E-state index in [0.717, 1.165) is 0 Å². The van der Waals surface area contributed by atoms with Crippen molar-refractivity contribution in [3.63, 3.8) is 0 Å². The number of hydrogen-bond acceptors (Lipinski definition) is 0. The molecule has 36 heavy (non-hydrogen) atoms. The van der Waals surface area contributed by atoms with Crippen LogP contribution in [0.2, 0.25) is 0 Å². The third-order valence-corrected chi connectivity index (χ3v) is 6.28. The Balaban J connectivity index is 2.22. The van der Waals surface area contributed by atoms with Crippen molar-refractivity contribution in [1.82, 2.24) is 0 Å². The van der Waals surface area contributed by atoms with Crippen LogP contribution in [-0.2, 0) is 0 Å². The lowest BCUT2D eigenvalue weighted by atomic mass is 9.75. The topological polar surface area (TPSA) is 0 Å². The molecule has 0 spiro atoms. The van der Waals surface area contributed by atoms with Crippen molar-refractivity contribution in [3.05, 3.63) is 69.9 Å². The zero-order valence-corrected chi connectivity index (χ0v) is 18.8. The zero-order valence-electron chi connectivity index (χ0n) is 18.8. The van der Waals surface area contributed by atoms with Crippen LogP contribution in [0.25, 0.3) is 0 Å². The van der Waals surface area contributed by atoms with Gasteiger partial charge in [0.05, 0.1) is 0 Å². The lowest BCUT2D eigenvalue weighted by Crippen LogP contribution is -2.54. The molecule has 0 nitrogen and oxygen atoms in total. The molecule has 0 bridgehead atoms. The molecule has 0 N–H and O–H groups in total. The van der Waals surface area contributed by atoms with Crippen molar-refractivity contribution in [2.45, 2.75) is 75.1 Å². The minimum Gasteiger partial charge on any atom is -0.194 e. The van der Waals surface area contributed by atoms with Crippen LogP contribution in [0.3, 0.4) is 0 Å². The summed E-state index contributed by atoms with van der Waals surface area (Å²) in [7, 11) is 0. The van der Waals surface area contributed by atoms with Gasteiger partial charge < -0.3 is 0 Å². The predicted molar refractivity (Wildman–Crippen MR) is 108 cm³/mol. The number of hydrogen-bond donors (Lipinski definition) is 0. The Morgan fingerprint density at radius 1 is 0.389 bits per heavy atom. The van der Waals surface area contributed by atoms with E-state index in [1.807, 2.05) is 0 Å². The molecule has 3 aliphatic carbocycles. The second-order valence-electron chi connectivity index (χ2n) is 8.65. The van der Waals surface area contributed by atoms with E-state index < -0.39 is 81.8 Å². The molecule has 3 rings (SSSR count). The van der Waals surface area contributed by atoms with Gasteiger partial charge in [0.1, 0.15) is 0 Å². The average Bonchev–Trinajstić information content (AvgIpc) is 2.74. The minimum atomic E-state index is -5.72. The predicted octanol–water partition coefficient (Wildman–Crippen LogP) is 9.00. The maximum absolute atomic E-state index is 14.9. The van der Waals surface area contributed by atoms with Crippen LogP contribution in [0.4, 0.5) is 52.7 Å². The van der Waals surface area contributed by atoms with E-state index in [4.69, 9.17) is 0 Å². The highest BCUT2D eigenvalue weighted by molar-refractivity contribution is 5.60. The van der Waals surface area contributed by atoms with Crippen LogP contribution in [0.1, 0.15) is 39.5 Å². The van der Waals surface area contributed by atoms with Crippen molar-refractivity contribution in [2.24, 2.45) is 0 Å². The van der Waals surface area contributed by atoms with Gasteiger partial charge in [-0.05, 0) is 12.8 Å². The van der Waals surface area contributed by atoms with Gasteiger partial charge in [-0.2, -0.15) is 52.7 Å². The van der Waals surface area contributed by atoms with Gasteiger partial charge in [0.25, 0.3) is 0 Å². The van der Waals surface area contributed by atoms with Gasteiger partial charge in [0.15, 0.2) is 0 Å². The summed E-state index contributed by atoms with van der Waals surface area (Å²) >= 11 is 0. The third kappa shape index (κ3) is 3.69. The highest BCUT2D eigenvalue weighted by Crippen LogP contribution is 2.60. The van der Waals surface area contributed by atoms with Crippen molar-refractivity contribution >= 4 is 0 Å². The van der Waals surface area contributed by atoms with Gasteiger partial charge >= 0.3 is 35.5 Å². The molecule has 0 fully saturated rings. The Hall–Kier alpha value is -2.40. The molecule has 0 saturated heterocycles. The van der Waals surface area contributed by atoms with Gasteiger partial charge in [-0.25, -0.2) is 0 Å². The van der Waals surface area contributed by atoms with Gasteiger partial charge in [0.2, 0.25) is 0 Å². The molecule has 200 valence electrons. The van der Waals surface area contributed by atoms with E-state index >= 15 is 0 Å². The molecular weight excluding hydrogens is 516 g/mol. The fourth-order valence-electron chi connectivity index (χ4n) is 4.30. The van der Waals surface area contributed by atoms with Gasteiger partial charge in [-0.15, -0.1) is 0 Å². The molecule has 0 amide bonds. The Morgan fingerprint density at radius 2 is 0.611 bits per heavy atom. The average molecular weight is 536 g/mol. The highest BCUT2D eigenvalue weighted by Gasteiger charge is 2.72. The monoisotopic (exact) mass is 536 g/mol. The number of alkyl halides is 12. The first-order valence-electron chi connectivity index (χ1n) is 10.9. The molecule has 0 saturated carbocycles. The molecular formula is C24H20F12. The SMILES string of the molecule is CCCC1=CC=C(C2=CC=C(C3=CC=C(CCC)C(F)(F)C3(F)F)C(F)(F)C2(F)F)C(F)(F)C1(F)F. The molecule has 0 aromatic heterocycles. The largest absolute Gasteiger partial charge is 0.340 e. The lowest BCUT2D eigenvalue weighted by Gasteiger charge is -2.41. The van der Waals surface area contributed by atoms with E-state index in [-0.39, 0.29) is 37.1 Å². The number of halogens is 12. The first-order chi connectivity index (χ1) is 16.3. The fraction of sp³-hybridized carbons (Fsp3) is 0.500. The van der Waals surface area contributed by atoms with Crippen LogP contribution >= 0.6 is 0 Å². The maximum atomic E-state index is 14.9. The van der Waals surface area contributed by atoms with Crippen LogP contribution in [0.5, 0.6) is 0 Å². The van der Waals surface area contributed by atoms with Gasteiger partial charge in [-0.3, -0.25) is 0 Å². The van der Waals surface area contributed by atoms with Crippen LogP contribution in [-0.4, -0.2) is 35.5 Å². The molecule has 0 aromatic carbocycles. The van der Waals surface area contributed by atoms with Crippen LogP contribution < -0.4 is 0 Å². The highest BCUT2D eigenvalue weighted by atomic mass is 19.3. The Labute approximate surface area is 198 Å². The minimum absolute atomic E-state index is 0.00786. The third-order valence-electron chi connectivity index (χ3n) is 6.28. The van der Waals surface area contributed by atoms with Crippen molar-refractivity contribution in [2.75, 3.05) is 0 Å². The summed E-state index contributed by atoms with van der Waals surface area (Å²) in [4.78, 5) is 0. The second-order valence-corrected chi connectivity index (χ2v) is 8.65. The molecule has 0 radical (unpaired) electrons. The summed E-state index contributed by atoms with van der Waals surface area (Å²) in [6, 6.07) is 0. The van der Waals surface area contributed by atoms with E-state index in [2.05, 4.69) is 0 Å². The van der Waals surface area contributed by atoms with Gasteiger partial charge in [0, 0.05) is 33.4 Å². The summed E-state index contributed by atoms with van der Waals surface area (Å²) in [5.41, 5.74) is -10.9. The van der Waals surface area contributed by atoms with Crippen molar-refractivity contribution in [3.8, 4) is 0 Å². The standard InChI is InChI=1S/C24H20F12/c1-3-5-13-7-9-15(21(29,30)19(13,25)26)17-11-12-18(24(35,36)23(17,33)34)16-10-8-14(6-4-2)20(27,28)22(16,31)32/h7-12H,3-6H2,1-2H3. The summed E-state index contributed by atoms with van der Waals surface area (Å²) in [6.45, 7) is 2.78.